The summed E-state index contributed by atoms with van der Waals surface area (Å²) in [5, 5.41) is 0. The van der Waals surface area contributed by atoms with Crippen LogP contribution in [0.2, 0.25) is 0 Å². The number of methoxy groups -OCH3 is 4. The number of phosphoric acid groups is 1. The summed E-state index contributed by atoms with van der Waals surface area (Å²) in [6.45, 7) is 0. The number of phosphoric ester groups is 1. The second-order valence-corrected chi connectivity index (χ2v) is 7.90. The van der Waals surface area contributed by atoms with Crippen LogP contribution in [0.5, 0.6) is 28.7 Å². The van der Waals surface area contributed by atoms with Gasteiger partial charge in [-0.1, -0.05) is 6.07 Å². The van der Waals surface area contributed by atoms with Crippen LogP contribution in [-0.4, -0.2) is 42.6 Å². The van der Waals surface area contributed by atoms with Crippen LogP contribution in [0.15, 0.2) is 36.5 Å². The molecule has 0 amide bonds. The van der Waals surface area contributed by atoms with E-state index in [1.165, 1.54) is 46.0 Å². The minimum atomic E-state index is -4.76. The van der Waals surface area contributed by atoms with Gasteiger partial charge in [-0.15, -0.1) is 0 Å². The maximum absolute atomic E-state index is 11.3. The van der Waals surface area contributed by atoms with Crippen LogP contribution < -0.4 is 53.0 Å². The standard InChI is InChI=1S/C19H20NO8PS.Na.H/c1-24-14-6-5-11(7-15(14)28-29(21,22)23)13-10-20-30-19(13)12-8-16(25-2)18(27-4)17(9-12)26-3;;/h5-10H,1-4H3,(H2,21,22,23);;/q;+1;-1. The summed E-state index contributed by atoms with van der Waals surface area (Å²) in [5.41, 5.74) is 2.14. The summed E-state index contributed by atoms with van der Waals surface area (Å²) in [6, 6.07) is 8.40. The normalized spacial score (nSPS) is 10.8. The molecule has 0 bridgehead atoms. The van der Waals surface area contributed by atoms with Crippen molar-refractivity contribution in [2.45, 2.75) is 0 Å². The third-order valence-electron chi connectivity index (χ3n) is 4.19. The number of aromatic nitrogens is 1. The third kappa shape index (κ3) is 5.72. The number of hydrogen-bond acceptors (Lipinski definition) is 8. The molecular weight excluding hydrogens is 456 g/mol. The molecule has 1 heterocycles. The molecule has 0 unspecified atom stereocenters. The first kappa shape index (κ1) is 25.5. The van der Waals surface area contributed by atoms with Gasteiger partial charge in [-0.25, -0.2) is 4.57 Å². The zero-order valence-corrected chi connectivity index (χ0v) is 21.3. The van der Waals surface area contributed by atoms with Gasteiger partial charge in [0.2, 0.25) is 5.75 Å². The average Bonchev–Trinajstić information content (AvgIpc) is 3.21. The van der Waals surface area contributed by atoms with Crippen LogP contribution >= 0.6 is 19.4 Å². The Morgan fingerprint density at radius 2 is 1.45 bits per heavy atom. The van der Waals surface area contributed by atoms with Crippen molar-refractivity contribution in [3.8, 4) is 50.3 Å². The van der Waals surface area contributed by atoms with Crippen molar-refractivity contribution in [2.24, 2.45) is 0 Å². The Balaban J connectivity index is 0.00000256. The van der Waals surface area contributed by atoms with Gasteiger partial charge < -0.3 is 24.9 Å². The van der Waals surface area contributed by atoms with E-state index in [0.717, 1.165) is 16.0 Å². The summed E-state index contributed by atoms with van der Waals surface area (Å²) in [5.74, 6) is 1.57. The smallest absolute Gasteiger partial charge is 1.00 e. The van der Waals surface area contributed by atoms with Gasteiger partial charge in [-0.05, 0) is 41.4 Å². The monoisotopic (exact) mass is 477 g/mol. The Morgan fingerprint density at radius 3 is 1.97 bits per heavy atom. The van der Waals surface area contributed by atoms with Gasteiger partial charge in [0.1, 0.15) is 0 Å². The topological polar surface area (TPSA) is 117 Å². The predicted octanol–water partition coefficient (Wildman–Crippen LogP) is 1.10. The summed E-state index contributed by atoms with van der Waals surface area (Å²) < 4.78 is 41.7. The second-order valence-electron chi connectivity index (χ2n) is 5.93. The molecule has 0 saturated carbocycles. The molecule has 12 heteroatoms. The molecule has 0 aliphatic heterocycles. The molecule has 162 valence electrons. The zero-order chi connectivity index (χ0) is 21.9. The van der Waals surface area contributed by atoms with Crippen molar-refractivity contribution in [3.63, 3.8) is 0 Å². The maximum Gasteiger partial charge on any atom is 1.00 e. The quantitative estimate of drug-likeness (QED) is 0.363. The van der Waals surface area contributed by atoms with E-state index in [-0.39, 0.29) is 42.5 Å². The zero-order valence-electron chi connectivity index (χ0n) is 18.6. The van der Waals surface area contributed by atoms with E-state index >= 15 is 0 Å². The number of hydrogen-bond donors (Lipinski definition) is 2. The van der Waals surface area contributed by atoms with Gasteiger partial charge in [-0.2, -0.15) is 4.37 Å². The summed E-state index contributed by atoms with van der Waals surface area (Å²) in [4.78, 5) is 19.2. The van der Waals surface area contributed by atoms with Crippen LogP contribution in [0.3, 0.4) is 0 Å². The molecule has 0 aliphatic rings. The van der Waals surface area contributed by atoms with Crippen molar-refractivity contribution in [3.05, 3.63) is 36.5 Å². The predicted molar refractivity (Wildman–Crippen MR) is 113 cm³/mol. The fourth-order valence-corrected chi connectivity index (χ4v) is 4.06. The summed E-state index contributed by atoms with van der Waals surface area (Å²) >= 11 is 1.25. The largest absolute Gasteiger partial charge is 1.00 e. The van der Waals surface area contributed by atoms with Crippen LogP contribution in [0.4, 0.5) is 0 Å². The van der Waals surface area contributed by atoms with Gasteiger partial charge >= 0.3 is 37.4 Å². The molecule has 1 aromatic heterocycles. The van der Waals surface area contributed by atoms with Crippen LogP contribution in [0, 0.1) is 0 Å². The number of nitrogens with zero attached hydrogens (tertiary/aromatic N) is 1. The first-order valence-electron chi connectivity index (χ1n) is 8.50. The molecule has 0 radical (unpaired) electrons. The van der Waals surface area contributed by atoms with Gasteiger partial charge in [0, 0.05) is 17.3 Å². The van der Waals surface area contributed by atoms with E-state index in [1.807, 2.05) is 0 Å². The molecule has 3 aromatic rings. The fourth-order valence-electron chi connectivity index (χ4n) is 2.91. The Hall–Kier alpha value is -1.78. The molecule has 0 saturated heterocycles. The molecule has 3 rings (SSSR count). The van der Waals surface area contributed by atoms with Gasteiger partial charge in [0.15, 0.2) is 23.0 Å². The SMILES string of the molecule is COc1ccc(-c2cnsc2-c2cc(OC)c(OC)c(OC)c2)cc1OP(=O)(O)O.[H-].[Na+]. The molecule has 0 aliphatic carbocycles. The first-order chi connectivity index (χ1) is 14.3. The molecule has 0 atom stereocenters. The van der Waals surface area contributed by atoms with E-state index < -0.39 is 7.82 Å². The van der Waals surface area contributed by atoms with E-state index in [2.05, 4.69) is 4.37 Å². The number of rotatable bonds is 8. The molecule has 0 spiro atoms. The van der Waals surface area contributed by atoms with Crippen molar-refractivity contribution in [1.29, 1.82) is 0 Å². The van der Waals surface area contributed by atoms with Gasteiger partial charge in [-0.3, -0.25) is 9.79 Å². The third-order valence-corrected chi connectivity index (χ3v) is 5.47. The summed E-state index contributed by atoms with van der Waals surface area (Å²) in [7, 11) is 1.21. The molecule has 9 nitrogen and oxygen atoms in total. The molecule has 2 aromatic carbocycles. The first-order valence-corrected chi connectivity index (χ1v) is 10.8. The van der Waals surface area contributed by atoms with Crippen molar-refractivity contribution in [2.75, 3.05) is 28.4 Å². The molecule has 0 fully saturated rings. The average molecular weight is 477 g/mol. The minimum absolute atomic E-state index is 0. The minimum Gasteiger partial charge on any atom is -1.00 e. The maximum atomic E-state index is 11.3. The fraction of sp³-hybridized carbons (Fsp3) is 0.211. The van der Waals surface area contributed by atoms with Gasteiger partial charge in [0.25, 0.3) is 0 Å². The second kappa shape index (κ2) is 10.7. The van der Waals surface area contributed by atoms with E-state index in [9.17, 15) is 14.4 Å². The van der Waals surface area contributed by atoms with Crippen molar-refractivity contribution in [1.82, 2.24) is 4.37 Å². The van der Waals surface area contributed by atoms with E-state index in [0.29, 0.717) is 22.8 Å². The Labute approximate surface area is 207 Å². The molecular formula is C19H21NNaO8PS. The van der Waals surface area contributed by atoms with E-state index in [4.69, 9.17) is 23.5 Å². The Kier molecular flexibility index (Phi) is 8.79. The number of ether oxygens (including phenoxy) is 4. The Morgan fingerprint density at radius 1 is 0.871 bits per heavy atom. The van der Waals surface area contributed by atoms with E-state index in [1.54, 1.807) is 30.5 Å². The van der Waals surface area contributed by atoms with Crippen molar-refractivity contribution >= 4 is 19.4 Å². The summed E-state index contributed by atoms with van der Waals surface area (Å²) in [6.07, 6.45) is 1.66. The Bertz CT molecular complexity index is 1080. The van der Waals surface area contributed by atoms with Crippen LogP contribution in [-0.2, 0) is 4.57 Å². The van der Waals surface area contributed by atoms with Crippen LogP contribution in [0.1, 0.15) is 1.43 Å². The molecule has 2 N–H and O–H groups in total. The molecule has 31 heavy (non-hydrogen) atoms. The van der Waals surface area contributed by atoms with Crippen LogP contribution in [0.25, 0.3) is 21.6 Å². The van der Waals surface area contributed by atoms with Gasteiger partial charge in [0.05, 0.1) is 33.3 Å². The number of benzene rings is 2. The van der Waals surface area contributed by atoms with Crippen molar-refractivity contribution < 1.29 is 68.8 Å².